The van der Waals surface area contributed by atoms with Gasteiger partial charge in [-0.25, -0.2) is 0 Å². The maximum absolute atomic E-state index is 11.9. The maximum Gasteiger partial charge on any atom is 0.176 e. The first-order chi connectivity index (χ1) is 7.71. The molecule has 0 heterocycles. The normalized spacial score (nSPS) is 10.8. The van der Waals surface area contributed by atoms with Crippen LogP contribution in [0.25, 0.3) is 0 Å². The van der Waals surface area contributed by atoms with Gasteiger partial charge in [-0.1, -0.05) is 45.0 Å². The number of likely N-dealkylation sites (N-methyl/N-ethyl adjacent to an activating group) is 1. The summed E-state index contributed by atoms with van der Waals surface area (Å²) in [7, 11) is 0. The van der Waals surface area contributed by atoms with Gasteiger partial charge in [-0.2, -0.15) is 0 Å². The monoisotopic (exact) mass is 219 g/mol. The molecule has 0 saturated carbocycles. The van der Waals surface area contributed by atoms with Gasteiger partial charge < -0.3 is 0 Å². The Morgan fingerprint density at radius 3 is 2.06 bits per heavy atom. The zero-order chi connectivity index (χ0) is 12.0. The van der Waals surface area contributed by atoms with E-state index in [2.05, 4.69) is 25.7 Å². The van der Waals surface area contributed by atoms with E-state index in [4.69, 9.17) is 0 Å². The van der Waals surface area contributed by atoms with Crippen molar-refractivity contribution in [3.8, 4) is 0 Å². The highest BCUT2D eigenvalue weighted by Crippen LogP contribution is 2.06. The van der Waals surface area contributed by atoms with Crippen LogP contribution in [0.5, 0.6) is 0 Å². The molecule has 0 aromatic heterocycles. The van der Waals surface area contributed by atoms with Gasteiger partial charge in [-0.15, -0.1) is 0 Å². The first-order valence-corrected chi connectivity index (χ1v) is 6.05. The molecule has 0 aliphatic heterocycles. The second-order valence-corrected chi connectivity index (χ2v) is 3.94. The van der Waals surface area contributed by atoms with Gasteiger partial charge in [0.2, 0.25) is 0 Å². The van der Waals surface area contributed by atoms with Crippen molar-refractivity contribution in [2.24, 2.45) is 0 Å². The van der Waals surface area contributed by atoms with Crippen molar-refractivity contribution < 1.29 is 4.79 Å². The van der Waals surface area contributed by atoms with Crippen LogP contribution in [0.2, 0.25) is 0 Å². The van der Waals surface area contributed by atoms with Crippen LogP contribution in [0.1, 0.15) is 36.7 Å². The summed E-state index contributed by atoms with van der Waals surface area (Å²) in [6, 6.07) is 7.94. The smallest absolute Gasteiger partial charge is 0.176 e. The zero-order valence-corrected chi connectivity index (χ0v) is 10.5. The summed E-state index contributed by atoms with van der Waals surface area (Å²) < 4.78 is 0. The third-order valence-corrected chi connectivity index (χ3v) is 2.95. The van der Waals surface area contributed by atoms with Gasteiger partial charge in [0.25, 0.3) is 0 Å². The van der Waals surface area contributed by atoms with Crippen LogP contribution in [0.4, 0.5) is 0 Å². The molecule has 16 heavy (non-hydrogen) atoms. The molecule has 0 atom stereocenters. The molecular weight excluding hydrogens is 198 g/mol. The molecule has 2 heteroatoms. The molecule has 0 aliphatic carbocycles. The Bertz CT molecular complexity index is 325. The number of hydrogen-bond donors (Lipinski definition) is 0. The van der Waals surface area contributed by atoms with Gasteiger partial charge in [-0.05, 0) is 25.1 Å². The fourth-order valence-electron chi connectivity index (χ4n) is 1.67. The minimum absolute atomic E-state index is 0.214. The number of carbonyl (C=O) groups is 1. The van der Waals surface area contributed by atoms with Crippen LogP contribution in [0.3, 0.4) is 0 Å². The summed E-state index contributed by atoms with van der Waals surface area (Å²) in [5, 5.41) is 0. The Hall–Kier alpha value is -1.15. The highest BCUT2D eigenvalue weighted by molar-refractivity contribution is 5.97. The Labute approximate surface area is 98.3 Å². The summed E-state index contributed by atoms with van der Waals surface area (Å²) in [6.45, 7) is 8.66. The van der Waals surface area contributed by atoms with E-state index in [0.29, 0.717) is 6.54 Å². The van der Waals surface area contributed by atoms with E-state index in [1.165, 1.54) is 5.56 Å². The van der Waals surface area contributed by atoms with Gasteiger partial charge in [0.1, 0.15) is 0 Å². The van der Waals surface area contributed by atoms with Crippen molar-refractivity contribution in [3.63, 3.8) is 0 Å². The fourth-order valence-corrected chi connectivity index (χ4v) is 1.67. The number of rotatable bonds is 6. The predicted molar refractivity (Wildman–Crippen MR) is 67.9 cm³/mol. The largest absolute Gasteiger partial charge is 0.296 e. The van der Waals surface area contributed by atoms with Gasteiger partial charge in [0.05, 0.1) is 6.54 Å². The molecule has 1 aromatic carbocycles. The summed E-state index contributed by atoms with van der Waals surface area (Å²) in [5.74, 6) is 0.214. The van der Waals surface area contributed by atoms with Crippen molar-refractivity contribution in [2.75, 3.05) is 19.6 Å². The molecule has 1 aromatic rings. The van der Waals surface area contributed by atoms with Crippen molar-refractivity contribution in [3.05, 3.63) is 35.4 Å². The molecule has 1 rings (SSSR count). The molecule has 0 spiro atoms. The van der Waals surface area contributed by atoms with Crippen LogP contribution < -0.4 is 0 Å². The zero-order valence-electron chi connectivity index (χ0n) is 10.5. The lowest BCUT2D eigenvalue weighted by Crippen LogP contribution is -2.29. The second-order valence-electron chi connectivity index (χ2n) is 3.94. The van der Waals surface area contributed by atoms with E-state index in [1.54, 1.807) is 0 Å². The van der Waals surface area contributed by atoms with Crippen LogP contribution >= 0.6 is 0 Å². The average Bonchev–Trinajstić information content (AvgIpc) is 2.35. The van der Waals surface area contributed by atoms with Gasteiger partial charge in [0.15, 0.2) is 5.78 Å². The number of benzene rings is 1. The predicted octanol–water partition coefficient (Wildman–Crippen LogP) is 2.77. The summed E-state index contributed by atoms with van der Waals surface area (Å²) in [5.41, 5.74) is 2.10. The molecule has 0 unspecified atom stereocenters. The SMILES string of the molecule is CCc1ccc(C(=O)CN(CC)CC)cc1. The molecule has 88 valence electrons. The summed E-state index contributed by atoms with van der Waals surface area (Å²) in [6.07, 6.45) is 1.02. The first-order valence-electron chi connectivity index (χ1n) is 6.05. The van der Waals surface area contributed by atoms with Gasteiger partial charge >= 0.3 is 0 Å². The fraction of sp³-hybridized carbons (Fsp3) is 0.500. The van der Waals surface area contributed by atoms with Gasteiger partial charge in [-0.3, -0.25) is 9.69 Å². The molecule has 0 radical (unpaired) electrons. The average molecular weight is 219 g/mol. The lowest BCUT2D eigenvalue weighted by molar-refractivity contribution is 0.0937. The lowest BCUT2D eigenvalue weighted by atomic mass is 10.1. The van der Waals surface area contributed by atoms with Crippen LogP contribution in [-0.2, 0) is 6.42 Å². The van der Waals surface area contributed by atoms with Gasteiger partial charge in [0, 0.05) is 5.56 Å². The maximum atomic E-state index is 11.9. The van der Waals surface area contributed by atoms with E-state index in [-0.39, 0.29) is 5.78 Å². The summed E-state index contributed by atoms with van der Waals surface area (Å²) >= 11 is 0. The van der Waals surface area contributed by atoms with E-state index in [1.807, 2.05) is 24.3 Å². The molecule has 0 saturated heterocycles. The van der Waals surface area contributed by atoms with E-state index < -0.39 is 0 Å². The van der Waals surface area contributed by atoms with Crippen molar-refractivity contribution in [1.82, 2.24) is 4.90 Å². The molecule has 2 nitrogen and oxygen atoms in total. The number of nitrogens with zero attached hydrogens (tertiary/aromatic N) is 1. The summed E-state index contributed by atoms with van der Waals surface area (Å²) in [4.78, 5) is 14.1. The number of carbonyl (C=O) groups excluding carboxylic acids is 1. The molecule has 0 aliphatic rings. The molecule has 0 N–H and O–H groups in total. The van der Waals surface area contributed by atoms with Crippen LogP contribution in [0, 0.1) is 0 Å². The van der Waals surface area contributed by atoms with Crippen molar-refractivity contribution >= 4 is 5.78 Å². The molecular formula is C14H21NO. The number of ketones is 1. The Kier molecular flexibility index (Phi) is 5.20. The molecule has 0 amide bonds. The van der Waals surface area contributed by atoms with Crippen LogP contribution in [-0.4, -0.2) is 30.3 Å². The Morgan fingerprint density at radius 2 is 1.62 bits per heavy atom. The van der Waals surface area contributed by atoms with E-state index in [9.17, 15) is 4.79 Å². The standard InChI is InChI=1S/C14H21NO/c1-4-12-7-9-13(10-8-12)14(16)11-15(5-2)6-3/h7-10H,4-6,11H2,1-3H3. The lowest BCUT2D eigenvalue weighted by Gasteiger charge is -2.16. The van der Waals surface area contributed by atoms with Crippen molar-refractivity contribution in [2.45, 2.75) is 27.2 Å². The first kappa shape index (κ1) is 12.9. The van der Waals surface area contributed by atoms with E-state index >= 15 is 0 Å². The third-order valence-electron chi connectivity index (χ3n) is 2.95. The highest BCUT2D eigenvalue weighted by atomic mass is 16.1. The molecule has 0 fully saturated rings. The molecule has 0 bridgehead atoms. The number of aryl methyl sites for hydroxylation is 1. The minimum atomic E-state index is 0.214. The second kappa shape index (κ2) is 6.44. The third kappa shape index (κ3) is 3.46. The number of Topliss-reactive ketones (excluding diaryl/α,β-unsaturated/α-hetero) is 1. The topological polar surface area (TPSA) is 20.3 Å². The Morgan fingerprint density at radius 1 is 1.06 bits per heavy atom. The van der Waals surface area contributed by atoms with Crippen LogP contribution in [0.15, 0.2) is 24.3 Å². The minimum Gasteiger partial charge on any atom is -0.296 e. The van der Waals surface area contributed by atoms with Crippen molar-refractivity contribution in [1.29, 1.82) is 0 Å². The number of hydrogen-bond acceptors (Lipinski definition) is 2. The highest BCUT2D eigenvalue weighted by Gasteiger charge is 2.09. The Balaban J connectivity index is 2.65. The van der Waals surface area contributed by atoms with E-state index in [0.717, 1.165) is 25.1 Å². The quantitative estimate of drug-likeness (QED) is 0.686.